The molecular weight excluding hydrogens is 270 g/mol. The molecule has 112 valence electrons. The van der Waals surface area contributed by atoms with Crippen molar-refractivity contribution < 1.29 is 0 Å². The Kier molecular flexibility index (Phi) is 4.85. The van der Waals surface area contributed by atoms with Crippen molar-refractivity contribution in [2.45, 2.75) is 18.5 Å². The van der Waals surface area contributed by atoms with Crippen LogP contribution < -0.4 is 5.32 Å². The first kappa shape index (κ1) is 14.8. The van der Waals surface area contributed by atoms with E-state index in [1.165, 1.54) is 11.1 Å². The second kappa shape index (κ2) is 7.22. The third kappa shape index (κ3) is 3.19. The highest BCUT2D eigenvalue weighted by Crippen LogP contribution is 2.31. The topological polar surface area (TPSA) is 39.1 Å². The highest BCUT2D eigenvalue weighted by atomic mass is 15.2. The third-order valence-electron chi connectivity index (χ3n) is 4.28. The van der Waals surface area contributed by atoms with Crippen molar-refractivity contribution in [3.05, 3.63) is 71.8 Å². The molecule has 1 aliphatic heterocycles. The first-order valence-electron chi connectivity index (χ1n) is 7.83. The van der Waals surface area contributed by atoms with Gasteiger partial charge in [-0.05, 0) is 11.1 Å². The van der Waals surface area contributed by atoms with Gasteiger partial charge in [0.2, 0.25) is 0 Å². The van der Waals surface area contributed by atoms with Gasteiger partial charge in [0.25, 0.3) is 0 Å². The molecule has 22 heavy (non-hydrogen) atoms. The summed E-state index contributed by atoms with van der Waals surface area (Å²) in [6.07, 6.45) is 0.559. The fourth-order valence-corrected chi connectivity index (χ4v) is 3.26. The van der Waals surface area contributed by atoms with E-state index >= 15 is 0 Å². The molecule has 1 unspecified atom stereocenters. The molecule has 1 saturated heterocycles. The lowest BCUT2D eigenvalue weighted by Gasteiger charge is -2.41. The lowest BCUT2D eigenvalue weighted by molar-refractivity contribution is 0.127. The van der Waals surface area contributed by atoms with E-state index in [1.54, 1.807) is 0 Å². The zero-order valence-corrected chi connectivity index (χ0v) is 12.7. The Morgan fingerprint density at radius 2 is 1.64 bits per heavy atom. The zero-order valence-electron chi connectivity index (χ0n) is 12.7. The van der Waals surface area contributed by atoms with E-state index in [4.69, 9.17) is 5.26 Å². The highest BCUT2D eigenvalue weighted by molar-refractivity contribution is 5.32. The molecule has 1 N–H and O–H groups in total. The minimum absolute atomic E-state index is 0.211. The summed E-state index contributed by atoms with van der Waals surface area (Å²) in [4.78, 5) is 2.48. The average Bonchev–Trinajstić information content (AvgIpc) is 2.59. The van der Waals surface area contributed by atoms with Crippen LogP contribution in [0.2, 0.25) is 0 Å². The molecular formula is C19H21N3. The minimum atomic E-state index is 0.211. The number of hydrogen-bond donors (Lipinski definition) is 1. The Balaban J connectivity index is 1.99. The largest absolute Gasteiger partial charge is 0.314 e. The SMILES string of the molecule is N#CCC1CNCCN1C(c1ccccc1)c1ccccc1. The van der Waals surface area contributed by atoms with E-state index in [0.29, 0.717) is 6.42 Å². The van der Waals surface area contributed by atoms with Crippen molar-refractivity contribution in [2.75, 3.05) is 19.6 Å². The van der Waals surface area contributed by atoms with Crippen LogP contribution in [0.5, 0.6) is 0 Å². The molecule has 3 nitrogen and oxygen atoms in total. The summed E-state index contributed by atoms with van der Waals surface area (Å²) in [5, 5.41) is 12.6. The van der Waals surface area contributed by atoms with Crippen molar-refractivity contribution in [1.29, 1.82) is 5.26 Å². The minimum Gasteiger partial charge on any atom is -0.314 e. The Morgan fingerprint density at radius 1 is 1.05 bits per heavy atom. The maximum absolute atomic E-state index is 9.15. The lowest BCUT2D eigenvalue weighted by Crippen LogP contribution is -2.52. The zero-order chi connectivity index (χ0) is 15.2. The van der Waals surface area contributed by atoms with Crippen molar-refractivity contribution in [3.8, 4) is 6.07 Å². The number of hydrogen-bond acceptors (Lipinski definition) is 3. The van der Waals surface area contributed by atoms with Crippen LogP contribution >= 0.6 is 0 Å². The van der Waals surface area contributed by atoms with E-state index in [9.17, 15) is 0 Å². The molecule has 2 aromatic carbocycles. The molecule has 3 rings (SSSR count). The summed E-state index contributed by atoms with van der Waals surface area (Å²) < 4.78 is 0. The summed E-state index contributed by atoms with van der Waals surface area (Å²) in [6.45, 7) is 2.81. The van der Waals surface area contributed by atoms with Gasteiger partial charge in [-0.3, -0.25) is 4.90 Å². The second-order valence-electron chi connectivity index (χ2n) is 5.68. The molecule has 1 fully saturated rings. The van der Waals surface area contributed by atoms with Crippen LogP contribution in [0, 0.1) is 11.3 Å². The van der Waals surface area contributed by atoms with Gasteiger partial charge in [-0.2, -0.15) is 5.26 Å². The number of nitriles is 1. The Hall–Kier alpha value is -2.15. The molecule has 0 aromatic heterocycles. The molecule has 0 bridgehead atoms. The van der Waals surface area contributed by atoms with Gasteiger partial charge in [-0.25, -0.2) is 0 Å². The van der Waals surface area contributed by atoms with Gasteiger partial charge in [0.1, 0.15) is 0 Å². The van der Waals surface area contributed by atoms with Gasteiger partial charge in [0.05, 0.1) is 18.5 Å². The maximum atomic E-state index is 9.15. The summed E-state index contributed by atoms with van der Waals surface area (Å²) in [6, 6.07) is 24.0. The van der Waals surface area contributed by atoms with Crippen LogP contribution in [0.1, 0.15) is 23.6 Å². The standard InChI is InChI=1S/C19H21N3/c20-12-11-18-15-21-13-14-22(18)19(16-7-3-1-4-8-16)17-9-5-2-6-10-17/h1-10,18-19,21H,11,13-15H2. The summed E-state index contributed by atoms with van der Waals surface area (Å²) >= 11 is 0. The van der Waals surface area contributed by atoms with Gasteiger partial charge in [-0.1, -0.05) is 60.7 Å². The molecule has 2 aromatic rings. The predicted molar refractivity (Wildman–Crippen MR) is 88.3 cm³/mol. The first-order chi connectivity index (χ1) is 10.9. The van der Waals surface area contributed by atoms with E-state index in [0.717, 1.165) is 19.6 Å². The number of nitrogens with zero attached hydrogens (tertiary/aromatic N) is 2. The Labute approximate surface area is 132 Å². The lowest BCUT2D eigenvalue weighted by atomic mass is 9.94. The van der Waals surface area contributed by atoms with Crippen LogP contribution in [0.3, 0.4) is 0 Å². The summed E-state index contributed by atoms with van der Waals surface area (Å²) in [5.74, 6) is 0. The second-order valence-corrected chi connectivity index (χ2v) is 5.68. The third-order valence-corrected chi connectivity index (χ3v) is 4.28. The fraction of sp³-hybridized carbons (Fsp3) is 0.316. The molecule has 0 saturated carbocycles. The number of piperazine rings is 1. The van der Waals surface area contributed by atoms with Gasteiger partial charge in [0.15, 0.2) is 0 Å². The molecule has 1 heterocycles. The van der Waals surface area contributed by atoms with Gasteiger partial charge < -0.3 is 5.32 Å². The van der Waals surface area contributed by atoms with Crippen LogP contribution in [-0.4, -0.2) is 30.6 Å². The maximum Gasteiger partial charge on any atom is 0.0638 e. The van der Waals surface area contributed by atoms with E-state index < -0.39 is 0 Å². The van der Waals surface area contributed by atoms with Crippen molar-refractivity contribution >= 4 is 0 Å². The fourth-order valence-electron chi connectivity index (χ4n) is 3.26. The molecule has 3 heteroatoms. The molecule has 0 radical (unpaired) electrons. The first-order valence-corrected chi connectivity index (χ1v) is 7.83. The van der Waals surface area contributed by atoms with Crippen LogP contribution in [0.15, 0.2) is 60.7 Å². The number of nitrogens with one attached hydrogen (secondary N) is 1. The van der Waals surface area contributed by atoms with Crippen LogP contribution in [-0.2, 0) is 0 Å². The predicted octanol–water partition coefficient (Wildman–Crippen LogP) is 2.96. The Morgan fingerprint density at radius 3 is 2.18 bits per heavy atom. The van der Waals surface area contributed by atoms with E-state index in [2.05, 4.69) is 76.9 Å². The molecule has 0 aliphatic carbocycles. The van der Waals surface area contributed by atoms with Crippen molar-refractivity contribution in [3.63, 3.8) is 0 Å². The summed E-state index contributed by atoms with van der Waals surface area (Å²) in [5.41, 5.74) is 2.58. The highest BCUT2D eigenvalue weighted by Gasteiger charge is 2.30. The normalized spacial score (nSPS) is 19.0. The molecule has 0 amide bonds. The van der Waals surface area contributed by atoms with Gasteiger partial charge in [0, 0.05) is 25.7 Å². The van der Waals surface area contributed by atoms with Crippen LogP contribution in [0.4, 0.5) is 0 Å². The van der Waals surface area contributed by atoms with Crippen molar-refractivity contribution in [2.24, 2.45) is 0 Å². The monoisotopic (exact) mass is 291 g/mol. The molecule has 1 aliphatic rings. The summed E-state index contributed by atoms with van der Waals surface area (Å²) in [7, 11) is 0. The Bertz CT molecular complexity index is 579. The average molecular weight is 291 g/mol. The van der Waals surface area contributed by atoms with E-state index in [1.807, 2.05) is 0 Å². The van der Waals surface area contributed by atoms with E-state index in [-0.39, 0.29) is 12.1 Å². The molecule has 1 atom stereocenters. The van der Waals surface area contributed by atoms with Gasteiger partial charge >= 0.3 is 0 Å². The number of rotatable bonds is 4. The number of benzene rings is 2. The smallest absolute Gasteiger partial charge is 0.0638 e. The van der Waals surface area contributed by atoms with Crippen LogP contribution in [0.25, 0.3) is 0 Å². The molecule has 0 spiro atoms. The van der Waals surface area contributed by atoms with Gasteiger partial charge in [-0.15, -0.1) is 0 Å². The quantitative estimate of drug-likeness (QED) is 0.941. The van der Waals surface area contributed by atoms with Crippen molar-refractivity contribution in [1.82, 2.24) is 10.2 Å².